The molecule has 0 fully saturated rings. The molecule has 0 aliphatic heterocycles. The molecule has 2 atom stereocenters. The molecular formula is C23H38N4O4. The largest absolute Gasteiger partial charge is 0.444 e. The van der Waals surface area contributed by atoms with Crippen molar-refractivity contribution in [2.45, 2.75) is 71.5 Å². The SMILES string of the molecule is CC(C)N[C@@H](Cc1ccccc1)C(=O)N[C@@H](CCCCN)C(=O)NCOC(=O)C(C)C. The topological polar surface area (TPSA) is 123 Å². The van der Waals surface area contributed by atoms with Gasteiger partial charge in [0.1, 0.15) is 6.04 Å². The van der Waals surface area contributed by atoms with E-state index >= 15 is 0 Å². The molecule has 31 heavy (non-hydrogen) atoms. The van der Waals surface area contributed by atoms with Gasteiger partial charge in [0, 0.05) is 6.04 Å². The van der Waals surface area contributed by atoms with E-state index in [4.69, 9.17) is 10.5 Å². The van der Waals surface area contributed by atoms with Crippen LogP contribution in [0.3, 0.4) is 0 Å². The summed E-state index contributed by atoms with van der Waals surface area (Å²) in [6, 6.07) is 8.61. The molecule has 0 bridgehead atoms. The van der Waals surface area contributed by atoms with Crippen LogP contribution in [-0.4, -0.2) is 49.2 Å². The molecule has 0 unspecified atom stereocenters. The third kappa shape index (κ3) is 10.9. The van der Waals surface area contributed by atoms with E-state index in [0.29, 0.717) is 25.8 Å². The lowest BCUT2D eigenvalue weighted by Crippen LogP contribution is -2.54. The number of ether oxygens (including phenoxy) is 1. The monoisotopic (exact) mass is 434 g/mol. The maximum absolute atomic E-state index is 13.0. The maximum atomic E-state index is 13.0. The third-order valence-electron chi connectivity index (χ3n) is 4.65. The highest BCUT2D eigenvalue weighted by Crippen LogP contribution is 2.07. The molecule has 0 aliphatic carbocycles. The molecule has 8 nitrogen and oxygen atoms in total. The summed E-state index contributed by atoms with van der Waals surface area (Å²) < 4.78 is 5.02. The van der Waals surface area contributed by atoms with Gasteiger partial charge >= 0.3 is 5.97 Å². The minimum Gasteiger partial charge on any atom is -0.444 e. The Labute approximate surface area is 185 Å². The normalized spacial score (nSPS) is 13.0. The summed E-state index contributed by atoms with van der Waals surface area (Å²) in [6.07, 6.45) is 2.40. The van der Waals surface area contributed by atoms with Gasteiger partial charge in [0.25, 0.3) is 0 Å². The van der Waals surface area contributed by atoms with Crippen LogP contribution in [0.25, 0.3) is 0 Å². The number of carbonyl (C=O) groups is 3. The van der Waals surface area contributed by atoms with Crippen LogP contribution in [0.5, 0.6) is 0 Å². The highest BCUT2D eigenvalue weighted by molar-refractivity contribution is 5.90. The Hall–Kier alpha value is -2.45. The Morgan fingerprint density at radius 1 is 0.968 bits per heavy atom. The third-order valence-corrected chi connectivity index (χ3v) is 4.65. The van der Waals surface area contributed by atoms with Crippen molar-refractivity contribution in [3.05, 3.63) is 35.9 Å². The zero-order chi connectivity index (χ0) is 23.2. The first-order chi connectivity index (χ1) is 14.7. The van der Waals surface area contributed by atoms with Crippen LogP contribution in [0.15, 0.2) is 30.3 Å². The fourth-order valence-corrected chi connectivity index (χ4v) is 2.98. The second kappa shape index (κ2) is 14.5. The van der Waals surface area contributed by atoms with E-state index in [1.54, 1.807) is 13.8 Å². The first-order valence-corrected chi connectivity index (χ1v) is 11.0. The molecule has 0 radical (unpaired) electrons. The Bertz CT molecular complexity index is 679. The summed E-state index contributed by atoms with van der Waals surface area (Å²) in [5.74, 6) is -1.31. The van der Waals surface area contributed by atoms with Crippen molar-refractivity contribution < 1.29 is 19.1 Å². The maximum Gasteiger partial charge on any atom is 0.310 e. The molecule has 0 aliphatic rings. The van der Waals surface area contributed by atoms with Gasteiger partial charge in [0.05, 0.1) is 12.0 Å². The van der Waals surface area contributed by atoms with Crippen molar-refractivity contribution >= 4 is 17.8 Å². The molecule has 5 N–H and O–H groups in total. The van der Waals surface area contributed by atoms with Crippen LogP contribution < -0.4 is 21.7 Å². The van der Waals surface area contributed by atoms with Crippen molar-refractivity contribution in [1.82, 2.24) is 16.0 Å². The predicted octanol–water partition coefficient (Wildman–Crippen LogP) is 1.48. The number of nitrogens with two attached hydrogens (primary N) is 1. The Morgan fingerprint density at radius 3 is 2.23 bits per heavy atom. The lowest BCUT2D eigenvalue weighted by molar-refractivity contribution is -0.149. The molecule has 8 heteroatoms. The number of unbranched alkanes of at least 4 members (excludes halogenated alkanes) is 1. The smallest absolute Gasteiger partial charge is 0.310 e. The fourth-order valence-electron chi connectivity index (χ4n) is 2.98. The van der Waals surface area contributed by atoms with E-state index in [9.17, 15) is 14.4 Å². The van der Waals surface area contributed by atoms with Crippen LogP contribution >= 0.6 is 0 Å². The fraction of sp³-hybridized carbons (Fsp3) is 0.609. The molecular weight excluding hydrogens is 396 g/mol. The second-order valence-electron chi connectivity index (χ2n) is 8.21. The summed E-state index contributed by atoms with van der Waals surface area (Å²) in [7, 11) is 0. The molecule has 0 aromatic heterocycles. The summed E-state index contributed by atoms with van der Waals surface area (Å²) in [5, 5.41) is 8.73. The van der Waals surface area contributed by atoms with Gasteiger partial charge < -0.3 is 26.4 Å². The minimum atomic E-state index is -0.732. The van der Waals surface area contributed by atoms with Crippen molar-refractivity contribution in [3.8, 4) is 0 Å². The van der Waals surface area contributed by atoms with Gasteiger partial charge in [-0.1, -0.05) is 58.0 Å². The van der Waals surface area contributed by atoms with Gasteiger partial charge in [0.2, 0.25) is 11.8 Å². The summed E-state index contributed by atoms with van der Waals surface area (Å²) in [6.45, 7) is 7.67. The van der Waals surface area contributed by atoms with E-state index in [-0.39, 0.29) is 30.5 Å². The molecule has 0 heterocycles. The number of amides is 2. The van der Waals surface area contributed by atoms with Crippen molar-refractivity contribution in [3.63, 3.8) is 0 Å². The van der Waals surface area contributed by atoms with E-state index < -0.39 is 18.1 Å². The average molecular weight is 435 g/mol. The van der Waals surface area contributed by atoms with Crippen LogP contribution in [0.4, 0.5) is 0 Å². The Morgan fingerprint density at radius 2 is 1.65 bits per heavy atom. The number of rotatable bonds is 14. The number of nitrogens with one attached hydrogen (secondary N) is 3. The standard InChI is InChI=1S/C23H38N4O4/c1-16(2)23(30)31-15-25-21(28)19(12-8-9-13-24)27-22(29)20(26-17(3)4)14-18-10-6-5-7-11-18/h5-7,10-11,16-17,19-20,26H,8-9,12-15,24H2,1-4H3,(H,25,28)(H,27,29)/t19-,20-/m0/s1. The highest BCUT2D eigenvalue weighted by atomic mass is 16.5. The van der Waals surface area contributed by atoms with E-state index in [1.807, 2.05) is 44.2 Å². The number of benzene rings is 1. The molecule has 1 aromatic carbocycles. The van der Waals surface area contributed by atoms with E-state index in [0.717, 1.165) is 12.0 Å². The van der Waals surface area contributed by atoms with Crippen molar-refractivity contribution in [2.24, 2.45) is 11.7 Å². The molecule has 1 rings (SSSR count). The molecule has 2 amide bonds. The number of esters is 1. The van der Waals surface area contributed by atoms with E-state index in [2.05, 4.69) is 16.0 Å². The Balaban J connectivity index is 2.79. The zero-order valence-electron chi connectivity index (χ0n) is 19.1. The van der Waals surface area contributed by atoms with E-state index in [1.165, 1.54) is 0 Å². The minimum absolute atomic E-state index is 0.0967. The second-order valence-corrected chi connectivity index (χ2v) is 8.21. The molecule has 0 saturated heterocycles. The molecule has 0 spiro atoms. The summed E-state index contributed by atoms with van der Waals surface area (Å²) >= 11 is 0. The molecule has 174 valence electrons. The van der Waals surface area contributed by atoms with Gasteiger partial charge in [-0.05, 0) is 37.8 Å². The highest BCUT2D eigenvalue weighted by Gasteiger charge is 2.26. The number of carbonyl (C=O) groups excluding carboxylic acids is 3. The van der Waals surface area contributed by atoms with Crippen LogP contribution in [0.1, 0.15) is 52.5 Å². The van der Waals surface area contributed by atoms with Crippen LogP contribution in [0.2, 0.25) is 0 Å². The number of hydrogen-bond acceptors (Lipinski definition) is 6. The Kier molecular flexibility index (Phi) is 12.5. The molecule has 0 saturated carbocycles. The van der Waals surface area contributed by atoms with Crippen LogP contribution in [0, 0.1) is 5.92 Å². The zero-order valence-corrected chi connectivity index (χ0v) is 19.1. The average Bonchev–Trinajstić information content (AvgIpc) is 2.72. The first kappa shape index (κ1) is 26.6. The number of hydrogen-bond donors (Lipinski definition) is 4. The van der Waals surface area contributed by atoms with Gasteiger partial charge in [0.15, 0.2) is 6.73 Å². The lowest BCUT2D eigenvalue weighted by atomic mass is 10.0. The predicted molar refractivity (Wildman–Crippen MR) is 121 cm³/mol. The van der Waals surface area contributed by atoms with Gasteiger partial charge in [-0.3, -0.25) is 14.4 Å². The quantitative estimate of drug-likeness (QED) is 0.200. The summed E-state index contributed by atoms with van der Waals surface area (Å²) in [5.41, 5.74) is 6.60. The van der Waals surface area contributed by atoms with Gasteiger partial charge in [-0.25, -0.2) is 0 Å². The lowest BCUT2D eigenvalue weighted by Gasteiger charge is -2.25. The summed E-state index contributed by atoms with van der Waals surface area (Å²) in [4.78, 5) is 37.3. The van der Waals surface area contributed by atoms with Crippen molar-refractivity contribution in [2.75, 3.05) is 13.3 Å². The van der Waals surface area contributed by atoms with Crippen molar-refractivity contribution in [1.29, 1.82) is 0 Å². The molecule has 1 aromatic rings. The van der Waals surface area contributed by atoms with Crippen LogP contribution in [-0.2, 0) is 25.5 Å². The first-order valence-electron chi connectivity index (χ1n) is 11.0. The van der Waals surface area contributed by atoms with Gasteiger partial charge in [-0.2, -0.15) is 0 Å². The van der Waals surface area contributed by atoms with Gasteiger partial charge in [-0.15, -0.1) is 0 Å².